The molecule has 2 rings (SSSR count). The number of carbonyl (C=O) groups is 1. The zero-order chi connectivity index (χ0) is 17.6. The molecule has 0 unspecified atom stereocenters. The summed E-state index contributed by atoms with van der Waals surface area (Å²) in [6, 6.07) is 11.0. The SMILES string of the molecule is C=CCOc1ccc(NC(=O)C(C)(C)Cc2ccc(Cl)cc2)cn1. The third-order valence-corrected chi connectivity index (χ3v) is 3.77. The molecule has 0 aliphatic carbocycles. The highest BCUT2D eigenvalue weighted by atomic mass is 35.5. The summed E-state index contributed by atoms with van der Waals surface area (Å²) in [6.45, 7) is 7.79. The number of pyridine rings is 1. The number of anilines is 1. The molecule has 1 aromatic heterocycles. The number of hydrogen-bond donors (Lipinski definition) is 1. The van der Waals surface area contributed by atoms with Crippen LogP contribution in [0.3, 0.4) is 0 Å². The zero-order valence-corrected chi connectivity index (χ0v) is 14.6. The third kappa shape index (κ3) is 5.10. The second-order valence-corrected chi connectivity index (χ2v) is 6.56. The molecule has 24 heavy (non-hydrogen) atoms. The van der Waals surface area contributed by atoms with Crippen LogP contribution in [-0.4, -0.2) is 17.5 Å². The van der Waals surface area contributed by atoms with E-state index in [2.05, 4.69) is 16.9 Å². The maximum absolute atomic E-state index is 12.6. The smallest absolute Gasteiger partial charge is 0.230 e. The van der Waals surface area contributed by atoms with Crippen LogP contribution in [-0.2, 0) is 11.2 Å². The molecule has 4 nitrogen and oxygen atoms in total. The van der Waals surface area contributed by atoms with Crippen molar-refractivity contribution in [3.63, 3.8) is 0 Å². The Balaban J connectivity index is 1.99. The van der Waals surface area contributed by atoms with Crippen LogP contribution in [0.1, 0.15) is 19.4 Å². The van der Waals surface area contributed by atoms with Gasteiger partial charge in [-0.25, -0.2) is 4.98 Å². The van der Waals surface area contributed by atoms with Crippen LogP contribution in [0.2, 0.25) is 5.02 Å². The minimum Gasteiger partial charge on any atom is -0.473 e. The molecule has 0 saturated carbocycles. The largest absolute Gasteiger partial charge is 0.473 e. The minimum atomic E-state index is -0.564. The van der Waals surface area contributed by atoms with E-state index in [9.17, 15) is 4.79 Å². The van der Waals surface area contributed by atoms with E-state index in [1.54, 1.807) is 24.4 Å². The third-order valence-electron chi connectivity index (χ3n) is 3.52. The molecule has 1 amide bonds. The molecule has 1 N–H and O–H groups in total. The van der Waals surface area contributed by atoms with Crippen molar-refractivity contribution in [3.05, 3.63) is 65.8 Å². The molecular weight excluding hydrogens is 324 g/mol. The van der Waals surface area contributed by atoms with Crippen LogP contribution in [0.5, 0.6) is 5.88 Å². The zero-order valence-electron chi connectivity index (χ0n) is 13.9. The summed E-state index contributed by atoms with van der Waals surface area (Å²) < 4.78 is 5.32. The lowest BCUT2D eigenvalue weighted by molar-refractivity contribution is -0.123. The Morgan fingerprint density at radius 1 is 1.29 bits per heavy atom. The van der Waals surface area contributed by atoms with Crippen LogP contribution >= 0.6 is 11.6 Å². The van der Waals surface area contributed by atoms with Gasteiger partial charge in [-0.05, 0) is 30.2 Å². The molecular formula is C19H21ClN2O2. The fraction of sp³-hybridized carbons (Fsp3) is 0.263. The highest BCUT2D eigenvalue weighted by molar-refractivity contribution is 6.30. The molecule has 0 spiro atoms. The molecule has 0 bridgehead atoms. The Hall–Kier alpha value is -2.33. The van der Waals surface area contributed by atoms with E-state index in [0.717, 1.165) is 5.56 Å². The van der Waals surface area contributed by atoms with Crippen molar-refractivity contribution < 1.29 is 9.53 Å². The Bertz CT molecular complexity index is 694. The van der Waals surface area contributed by atoms with Crippen molar-refractivity contribution in [2.24, 2.45) is 5.41 Å². The average Bonchev–Trinajstić information content (AvgIpc) is 2.56. The summed E-state index contributed by atoms with van der Waals surface area (Å²) in [7, 11) is 0. The quantitative estimate of drug-likeness (QED) is 0.752. The van der Waals surface area contributed by atoms with Crippen molar-refractivity contribution in [1.29, 1.82) is 0 Å². The minimum absolute atomic E-state index is 0.0704. The van der Waals surface area contributed by atoms with Gasteiger partial charge >= 0.3 is 0 Å². The van der Waals surface area contributed by atoms with Gasteiger partial charge in [0.05, 0.1) is 11.9 Å². The van der Waals surface area contributed by atoms with Crippen molar-refractivity contribution in [2.75, 3.05) is 11.9 Å². The van der Waals surface area contributed by atoms with Crippen molar-refractivity contribution >= 4 is 23.2 Å². The van der Waals surface area contributed by atoms with E-state index < -0.39 is 5.41 Å². The summed E-state index contributed by atoms with van der Waals surface area (Å²) in [5.41, 5.74) is 1.13. The number of halogens is 1. The van der Waals surface area contributed by atoms with Crippen molar-refractivity contribution in [3.8, 4) is 5.88 Å². The Morgan fingerprint density at radius 3 is 2.58 bits per heavy atom. The Morgan fingerprint density at radius 2 is 2.00 bits per heavy atom. The fourth-order valence-corrected chi connectivity index (χ4v) is 2.30. The van der Waals surface area contributed by atoms with Gasteiger partial charge in [-0.15, -0.1) is 0 Å². The molecule has 5 heteroatoms. The maximum atomic E-state index is 12.6. The van der Waals surface area contributed by atoms with Gasteiger partial charge in [0.15, 0.2) is 0 Å². The number of benzene rings is 1. The number of carbonyl (C=O) groups excluding carboxylic acids is 1. The predicted octanol–water partition coefficient (Wildman–Crippen LogP) is 4.51. The van der Waals surface area contributed by atoms with E-state index in [0.29, 0.717) is 29.6 Å². The number of nitrogens with one attached hydrogen (secondary N) is 1. The molecule has 2 aromatic rings. The molecule has 0 aliphatic rings. The summed E-state index contributed by atoms with van der Waals surface area (Å²) in [4.78, 5) is 16.7. The maximum Gasteiger partial charge on any atom is 0.230 e. The first-order chi connectivity index (χ1) is 11.4. The van der Waals surface area contributed by atoms with Gasteiger partial charge in [-0.2, -0.15) is 0 Å². The summed E-state index contributed by atoms with van der Waals surface area (Å²) >= 11 is 5.90. The molecule has 0 fully saturated rings. The van der Waals surface area contributed by atoms with Crippen LogP contribution in [0.4, 0.5) is 5.69 Å². The first-order valence-corrected chi connectivity index (χ1v) is 8.04. The monoisotopic (exact) mass is 344 g/mol. The van der Waals surface area contributed by atoms with Crippen LogP contribution in [0, 0.1) is 5.41 Å². The Kier molecular flexibility index (Phi) is 5.99. The van der Waals surface area contributed by atoms with Crippen molar-refractivity contribution in [1.82, 2.24) is 4.98 Å². The molecule has 0 aliphatic heterocycles. The van der Waals surface area contributed by atoms with E-state index in [1.807, 2.05) is 38.1 Å². The number of hydrogen-bond acceptors (Lipinski definition) is 3. The number of ether oxygens (including phenoxy) is 1. The number of amides is 1. The molecule has 0 saturated heterocycles. The summed E-state index contributed by atoms with van der Waals surface area (Å²) in [6.07, 6.45) is 3.84. The number of nitrogens with zero attached hydrogens (tertiary/aromatic N) is 1. The first kappa shape index (κ1) is 18.0. The normalized spacial score (nSPS) is 11.0. The van der Waals surface area contributed by atoms with E-state index in [-0.39, 0.29) is 5.91 Å². The van der Waals surface area contributed by atoms with Gasteiger partial charge < -0.3 is 10.1 Å². The van der Waals surface area contributed by atoms with Gasteiger partial charge in [0.25, 0.3) is 0 Å². The second kappa shape index (κ2) is 7.97. The number of aromatic nitrogens is 1. The predicted molar refractivity (Wildman–Crippen MR) is 97.5 cm³/mol. The molecule has 0 radical (unpaired) electrons. The molecule has 1 aromatic carbocycles. The highest BCUT2D eigenvalue weighted by Gasteiger charge is 2.28. The molecule has 0 atom stereocenters. The summed E-state index contributed by atoms with van der Waals surface area (Å²) in [5, 5.41) is 3.58. The lowest BCUT2D eigenvalue weighted by Gasteiger charge is -2.23. The fourth-order valence-electron chi connectivity index (χ4n) is 2.18. The second-order valence-electron chi connectivity index (χ2n) is 6.13. The Labute approximate surface area is 147 Å². The van der Waals surface area contributed by atoms with E-state index in [4.69, 9.17) is 16.3 Å². The lowest BCUT2D eigenvalue weighted by Crippen LogP contribution is -2.32. The van der Waals surface area contributed by atoms with Gasteiger partial charge in [0, 0.05) is 16.5 Å². The molecule has 1 heterocycles. The van der Waals surface area contributed by atoms with E-state index in [1.165, 1.54) is 0 Å². The first-order valence-electron chi connectivity index (χ1n) is 7.66. The van der Waals surface area contributed by atoms with Crippen LogP contribution < -0.4 is 10.1 Å². The van der Waals surface area contributed by atoms with Crippen LogP contribution in [0.25, 0.3) is 0 Å². The molecule has 126 valence electrons. The van der Waals surface area contributed by atoms with Gasteiger partial charge in [-0.1, -0.05) is 50.2 Å². The number of rotatable bonds is 7. The van der Waals surface area contributed by atoms with E-state index >= 15 is 0 Å². The van der Waals surface area contributed by atoms with Crippen molar-refractivity contribution in [2.45, 2.75) is 20.3 Å². The van der Waals surface area contributed by atoms with Crippen LogP contribution in [0.15, 0.2) is 55.3 Å². The van der Waals surface area contributed by atoms with Gasteiger partial charge in [0.1, 0.15) is 6.61 Å². The standard InChI is InChI=1S/C19H21ClN2O2/c1-4-11-24-17-10-9-16(13-21-17)22-18(23)19(2,3)12-14-5-7-15(20)8-6-14/h4-10,13H,1,11-12H2,2-3H3,(H,22,23). The topological polar surface area (TPSA) is 51.2 Å². The lowest BCUT2D eigenvalue weighted by atomic mass is 9.85. The summed E-state index contributed by atoms with van der Waals surface area (Å²) in [5.74, 6) is 0.423. The highest BCUT2D eigenvalue weighted by Crippen LogP contribution is 2.25. The van der Waals surface area contributed by atoms with Gasteiger partial charge in [0.2, 0.25) is 11.8 Å². The average molecular weight is 345 g/mol. The van der Waals surface area contributed by atoms with Gasteiger partial charge in [-0.3, -0.25) is 4.79 Å².